The van der Waals surface area contributed by atoms with Gasteiger partial charge in [-0.15, -0.1) is 0 Å². The number of sulfonamides is 1. The van der Waals surface area contributed by atoms with Gasteiger partial charge in [0.1, 0.15) is 0 Å². The maximum absolute atomic E-state index is 12.0. The van der Waals surface area contributed by atoms with Crippen molar-refractivity contribution in [1.82, 2.24) is 4.31 Å². The van der Waals surface area contributed by atoms with E-state index in [2.05, 4.69) is 32.0 Å². The summed E-state index contributed by atoms with van der Waals surface area (Å²) in [6.07, 6.45) is 0.783. The molecule has 0 aromatic heterocycles. The molecule has 0 radical (unpaired) electrons. The van der Waals surface area contributed by atoms with E-state index in [1.807, 2.05) is 0 Å². The second kappa shape index (κ2) is 5.84. The lowest BCUT2D eigenvalue weighted by Gasteiger charge is -2.29. The van der Waals surface area contributed by atoms with E-state index in [4.69, 9.17) is 5.73 Å². The molecule has 1 atom stereocenters. The van der Waals surface area contributed by atoms with E-state index < -0.39 is 10.0 Å². The number of fused-ring (bicyclic) bond motifs is 1. The third-order valence-corrected chi connectivity index (χ3v) is 5.90. The molecule has 0 fully saturated rings. The second-order valence-corrected chi connectivity index (χ2v) is 8.04. The molecule has 1 aliphatic heterocycles. The van der Waals surface area contributed by atoms with Crippen LogP contribution in [0.1, 0.15) is 43.5 Å². The summed E-state index contributed by atoms with van der Waals surface area (Å²) in [6.45, 7) is 6.94. The largest absolute Gasteiger partial charge is 0.324 e. The fourth-order valence-corrected chi connectivity index (χ4v) is 3.63. The summed E-state index contributed by atoms with van der Waals surface area (Å²) in [5.74, 6) is 0.528. The van der Waals surface area contributed by atoms with Crippen LogP contribution in [0.4, 0.5) is 0 Å². The number of benzene rings is 1. The van der Waals surface area contributed by atoms with Crippen molar-refractivity contribution in [2.45, 2.75) is 39.8 Å². The van der Waals surface area contributed by atoms with Crippen molar-refractivity contribution in [2.24, 2.45) is 11.7 Å². The van der Waals surface area contributed by atoms with E-state index in [9.17, 15) is 8.42 Å². The van der Waals surface area contributed by atoms with Crippen molar-refractivity contribution in [3.63, 3.8) is 0 Å². The van der Waals surface area contributed by atoms with Crippen molar-refractivity contribution in [1.29, 1.82) is 0 Å². The lowest BCUT2D eigenvalue weighted by Crippen LogP contribution is -2.37. The average molecular weight is 296 g/mol. The van der Waals surface area contributed by atoms with Crippen LogP contribution in [0.2, 0.25) is 0 Å². The lowest BCUT2D eigenvalue weighted by atomic mass is 9.92. The number of hydrogen-bond donors (Lipinski definition) is 1. The Morgan fingerprint density at radius 2 is 2.00 bits per heavy atom. The van der Waals surface area contributed by atoms with Crippen LogP contribution in [0.3, 0.4) is 0 Å². The van der Waals surface area contributed by atoms with Crippen molar-refractivity contribution in [3.8, 4) is 0 Å². The van der Waals surface area contributed by atoms with Crippen LogP contribution in [0.15, 0.2) is 18.2 Å². The maximum Gasteiger partial charge on any atom is 0.214 e. The summed E-state index contributed by atoms with van der Waals surface area (Å²) >= 11 is 0. The standard InChI is InChI=1S/C15H24N2O2S/c1-4-20(18,19)17-8-7-12-5-6-13(9-14(12)10-17)15(16)11(2)3/h5-6,9,11,15H,4,7-8,10,16H2,1-3H3. The van der Waals surface area contributed by atoms with Crippen LogP contribution in [0.25, 0.3) is 0 Å². The van der Waals surface area contributed by atoms with Gasteiger partial charge in [0.2, 0.25) is 10.0 Å². The van der Waals surface area contributed by atoms with E-state index in [0.717, 1.165) is 17.5 Å². The highest BCUT2D eigenvalue weighted by Crippen LogP contribution is 2.26. The van der Waals surface area contributed by atoms with Crippen LogP contribution in [0.5, 0.6) is 0 Å². The topological polar surface area (TPSA) is 63.4 Å². The van der Waals surface area contributed by atoms with E-state index in [1.165, 1.54) is 5.56 Å². The van der Waals surface area contributed by atoms with Gasteiger partial charge >= 0.3 is 0 Å². The zero-order valence-electron chi connectivity index (χ0n) is 12.5. The zero-order valence-corrected chi connectivity index (χ0v) is 13.3. The fraction of sp³-hybridized carbons (Fsp3) is 0.600. The third-order valence-electron chi connectivity index (χ3n) is 4.07. The molecule has 2 N–H and O–H groups in total. The Morgan fingerprint density at radius 3 is 2.60 bits per heavy atom. The first-order chi connectivity index (χ1) is 9.35. The van der Waals surface area contributed by atoms with Crippen LogP contribution in [-0.2, 0) is 23.0 Å². The van der Waals surface area contributed by atoms with E-state index >= 15 is 0 Å². The molecule has 1 aromatic carbocycles. The number of hydrogen-bond acceptors (Lipinski definition) is 3. The zero-order chi connectivity index (χ0) is 14.9. The SMILES string of the molecule is CCS(=O)(=O)N1CCc2ccc(C(N)C(C)C)cc2C1. The first kappa shape index (κ1) is 15.5. The van der Waals surface area contributed by atoms with Gasteiger partial charge in [0.25, 0.3) is 0 Å². The fourth-order valence-electron chi connectivity index (χ4n) is 2.56. The minimum absolute atomic E-state index is 0.00143. The predicted molar refractivity (Wildman–Crippen MR) is 81.8 cm³/mol. The molecule has 0 amide bonds. The first-order valence-corrected chi connectivity index (χ1v) is 8.81. The molecule has 0 saturated carbocycles. The molecular formula is C15H24N2O2S. The number of rotatable bonds is 4. The smallest absolute Gasteiger partial charge is 0.214 e. The third kappa shape index (κ3) is 3.05. The molecule has 1 aromatic rings. The molecule has 0 aliphatic carbocycles. The molecule has 4 nitrogen and oxygen atoms in total. The highest BCUT2D eigenvalue weighted by Gasteiger charge is 2.25. The molecule has 112 valence electrons. The summed E-state index contributed by atoms with van der Waals surface area (Å²) in [7, 11) is -3.11. The minimum atomic E-state index is -3.11. The monoisotopic (exact) mass is 296 g/mol. The Kier molecular flexibility index (Phi) is 4.52. The van der Waals surface area contributed by atoms with Crippen molar-refractivity contribution in [2.75, 3.05) is 12.3 Å². The van der Waals surface area contributed by atoms with Crippen molar-refractivity contribution >= 4 is 10.0 Å². The Bertz CT molecular complexity index is 582. The molecule has 20 heavy (non-hydrogen) atoms. The highest BCUT2D eigenvalue weighted by atomic mass is 32.2. The minimum Gasteiger partial charge on any atom is -0.324 e. The van der Waals surface area contributed by atoms with Gasteiger partial charge in [0.15, 0.2) is 0 Å². The van der Waals surface area contributed by atoms with Crippen LogP contribution < -0.4 is 5.73 Å². The average Bonchev–Trinajstić information content (AvgIpc) is 2.45. The maximum atomic E-state index is 12.0. The van der Waals surface area contributed by atoms with Crippen LogP contribution >= 0.6 is 0 Å². The summed E-state index contributed by atoms with van der Waals surface area (Å²) in [5.41, 5.74) is 9.62. The van der Waals surface area contributed by atoms with Gasteiger partial charge in [-0.3, -0.25) is 0 Å². The van der Waals surface area contributed by atoms with Gasteiger partial charge in [-0.2, -0.15) is 4.31 Å². The Morgan fingerprint density at radius 1 is 1.30 bits per heavy atom. The van der Waals surface area contributed by atoms with Gasteiger partial charge < -0.3 is 5.73 Å². The Balaban J connectivity index is 2.29. The van der Waals surface area contributed by atoms with Gasteiger partial charge in [-0.25, -0.2) is 8.42 Å². The predicted octanol–water partition coefficient (Wildman–Crippen LogP) is 2.05. The molecule has 2 rings (SSSR count). The van der Waals surface area contributed by atoms with E-state index in [-0.39, 0.29) is 11.8 Å². The van der Waals surface area contributed by atoms with E-state index in [1.54, 1.807) is 11.2 Å². The molecule has 0 bridgehead atoms. The first-order valence-electron chi connectivity index (χ1n) is 7.20. The van der Waals surface area contributed by atoms with E-state index in [0.29, 0.717) is 19.0 Å². The van der Waals surface area contributed by atoms with Crippen LogP contribution in [0, 0.1) is 5.92 Å². The summed E-state index contributed by atoms with van der Waals surface area (Å²) in [5, 5.41) is 0. The van der Waals surface area contributed by atoms with Crippen molar-refractivity contribution in [3.05, 3.63) is 34.9 Å². The summed E-state index contributed by atoms with van der Waals surface area (Å²) in [6, 6.07) is 6.26. The number of nitrogens with two attached hydrogens (primary N) is 1. The quantitative estimate of drug-likeness (QED) is 0.925. The highest BCUT2D eigenvalue weighted by molar-refractivity contribution is 7.89. The molecule has 1 unspecified atom stereocenters. The Labute approximate surface area is 122 Å². The molecule has 0 saturated heterocycles. The molecule has 1 aliphatic rings. The Hall–Kier alpha value is -0.910. The lowest BCUT2D eigenvalue weighted by molar-refractivity contribution is 0.391. The second-order valence-electron chi connectivity index (χ2n) is 5.78. The molecule has 1 heterocycles. The van der Waals surface area contributed by atoms with Gasteiger partial charge in [0, 0.05) is 19.1 Å². The van der Waals surface area contributed by atoms with Crippen LogP contribution in [-0.4, -0.2) is 25.0 Å². The normalized spacial score (nSPS) is 18.1. The van der Waals surface area contributed by atoms with Gasteiger partial charge in [0.05, 0.1) is 5.75 Å². The number of nitrogens with zero attached hydrogens (tertiary/aromatic N) is 1. The molecular weight excluding hydrogens is 272 g/mol. The van der Waals surface area contributed by atoms with Crippen molar-refractivity contribution < 1.29 is 8.42 Å². The summed E-state index contributed by atoms with van der Waals surface area (Å²) in [4.78, 5) is 0. The molecule has 5 heteroatoms. The van der Waals surface area contributed by atoms with Gasteiger partial charge in [-0.1, -0.05) is 32.0 Å². The summed E-state index contributed by atoms with van der Waals surface area (Å²) < 4.78 is 25.6. The van der Waals surface area contributed by atoms with Gasteiger partial charge in [-0.05, 0) is 36.0 Å². The molecule has 0 spiro atoms.